The predicted molar refractivity (Wildman–Crippen MR) is 104 cm³/mol. The standard InChI is InChI=1S/C17H19N5O5S2/c1-10-6-14(20-26-10)19-17(23)12-4-3-5-22(8-12)29(24,25)15-7-13(9-28-15)16-18-11(2)27-21-16/h6-7,9,12H,3-5,8H2,1-2H3,(H,19,20,23). The average molecular weight is 438 g/mol. The van der Waals surface area contributed by atoms with Crippen molar-refractivity contribution in [2.75, 3.05) is 18.4 Å². The number of carbonyl (C=O) groups is 1. The fourth-order valence-corrected chi connectivity index (χ4v) is 5.98. The molecule has 3 aromatic heterocycles. The molecule has 0 saturated carbocycles. The molecular weight excluding hydrogens is 418 g/mol. The van der Waals surface area contributed by atoms with Crippen LogP contribution in [0, 0.1) is 19.8 Å². The van der Waals surface area contributed by atoms with Gasteiger partial charge in [0.15, 0.2) is 5.82 Å². The number of aromatic nitrogens is 3. The van der Waals surface area contributed by atoms with Gasteiger partial charge in [-0.3, -0.25) is 4.79 Å². The maximum absolute atomic E-state index is 13.1. The van der Waals surface area contributed by atoms with E-state index in [4.69, 9.17) is 9.05 Å². The van der Waals surface area contributed by atoms with Gasteiger partial charge in [-0.25, -0.2) is 8.42 Å². The number of piperidine rings is 1. The molecule has 1 saturated heterocycles. The lowest BCUT2D eigenvalue weighted by molar-refractivity contribution is -0.120. The molecule has 12 heteroatoms. The van der Waals surface area contributed by atoms with Gasteiger partial charge in [0.25, 0.3) is 10.0 Å². The number of amides is 1. The minimum absolute atomic E-state index is 0.111. The van der Waals surface area contributed by atoms with Crippen LogP contribution in [0.4, 0.5) is 5.82 Å². The van der Waals surface area contributed by atoms with Crippen molar-refractivity contribution in [1.29, 1.82) is 0 Å². The van der Waals surface area contributed by atoms with Crippen LogP contribution < -0.4 is 5.32 Å². The van der Waals surface area contributed by atoms with Crippen molar-refractivity contribution in [1.82, 2.24) is 19.6 Å². The van der Waals surface area contributed by atoms with Crippen LogP contribution in [0.25, 0.3) is 11.4 Å². The van der Waals surface area contributed by atoms with Crippen LogP contribution in [0.3, 0.4) is 0 Å². The lowest BCUT2D eigenvalue weighted by Crippen LogP contribution is -2.43. The van der Waals surface area contributed by atoms with E-state index in [1.165, 1.54) is 10.4 Å². The Balaban J connectivity index is 1.48. The molecule has 1 unspecified atom stereocenters. The quantitative estimate of drug-likeness (QED) is 0.644. The molecule has 1 N–H and O–H groups in total. The molecule has 1 amide bonds. The third kappa shape index (κ3) is 4.09. The molecule has 1 aliphatic rings. The first kappa shape index (κ1) is 19.7. The smallest absolute Gasteiger partial charge is 0.252 e. The Morgan fingerprint density at radius 1 is 1.28 bits per heavy atom. The van der Waals surface area contributed by atoms with E-state index in [0.717, 1.165) is 11.3 Å². The zero-order chi connectivity index (χ0) is 20.6. The highest BCUT2D eigenvalue weighted by molar-refractivity contribution is 7.91. The summed E-state index contributed by atoms with van der Waals surface area (Å²) in [4.78, 5) is 16.7. The first-order valence-corrected chi connectivity index (χ1v) is 11.3. The molecule has 1 atom stereocenters. The zero-order valence-electron chi connectivity index (χ0n) is 15.8. The molecule has 10 nitrogen and oxygen atoms in total. The number of carbonyl (C=O) groups excluding carboxylic acids is 1. The van der Waals surface area contributed by atoms with Crippen LogP contribution in [0.1, 0.15) is 24.5 Å². The Morgan fingerprint density at radius 3 is 2.79 bits per heavy atom. The molecule has 0 spiro atoms. The van der Waals surface area contributed by atoms with Crippen molar-refractivity contribution >= 4 is 33.1 Å². The van der Waals surface area contributed by atoms with Gasteiger partial charge in [-0.1, -0.05) is 10.3 Å². The monoisotopic (exact) mass is 437 g/mol. The number of nitrogens with zero attached hydrogens (tertiary/aromatic N) is 4. The minimum Gasteiger partial charge on any atom is -0.360 e. The van der Waals surface area contributed by atoms with Crippen molar-refractivity contribution in [3.63, 3.8) is 0 Å². The zero-order valence-corrected chi connectivity index (χ0v) is 17.4. The van der Waals surface area contributed by atoms with E-state index in [1.807, 2.05) is 0 Å². The Morgan fingerprint density at radius 2 is 2.10 bits per heavy atom. The summed E-state index contributed by atoms with van der Waals surface area (Å²) in [7, 11) is -3.73. The highest BCUT2D eigenvalue weighted by Crippen LogP contribution is 2.31. The van der Waals surface area contributed by atoms with Gasteiger partial charge in [-0.05, 0) is 25.8 Å². The second-order valence-electron chi connectivity index (χ2n) is 6.81. The molecule has 4 heterocycles. The molecule has 0 bridgehead atoms. The largest absolute Gasteiger partial charge is 0.360 e. The topological polar surface area (TPSA) is 131 Å². The molecule has 29 heavy (non-hydrogen) atoms. The summed E-state index contributed by atoms with van der Waals surface area (Å²) >= 11 is 1.09. The van der Waals surface area contributed by atoms with Gasteiger partial charge in [-0.2, -0.15) is 9.29 Å². The summed E-state index contributed by atoms with van der Waals surface area (Å²) in [5.41, 5.74) is 0.582. The van der Waals surface area contributed by atoms with E-state index in [0.29, 0.717) is 48.2 Å². The molecule has 1 fully saturated rings. The SMILES string of the molecule is Cc1cc(NC(=O)C2CCCN(S(=O)(=O)c3cc(-c4noc(C)n4)cs3)C2)no1. The normalized spacial score (nSPS) is 18.1. The van der Waals surface area contributed by atoms with Crippen LogP contribution in [-0.4, -0.2) is 47.0 Å². The summed E-state index contributed by atoms with van der Waals surface area (Å²) in [6, 6.07) is 3.15. The van der Waals surface area contributed by atoms with Crippen LogP contribution >= 0.6 is 11.3 Å². The van der Waals surface area contributed by atoms with Crippen LogP contribution in [0.2, 0.25) is 0 Å². The Bertz CT molecular complexity index is 1130. The maximum atomic E-state index is 13.1. The van der Waals surface area contributed by atoms with E-state index in [9.17, 15) is 13.2 Å². The lowest BCUT2D eigenvalue weighted by Gasteiger charge is -2.30. The summed E-state index contributed by atoms with van der Waals surface area (Å²) in [5, 5.41) is 11.9. The third-order valence-corrected chi connectivity index (χ3v) is 7.87. The molecule has 0 aliphatic carbocycles. The first-order valence-electron chi connectivity index (χ1n) is 8.96. The molecule has 4 rings (SSSR count). The number of thiophene rings is 1. The number of hydrogen-bond acceptors (Lipinski definition) is 9. The Kier molecular flexibility index (Phi) is 5.23. The van der Waals surface area contributed by atoms with Gasteiger partial charge in [0.1, 0.15) is 9.97 Å². The first-order chi connectivity index (χ1) is 13.8. The van der Waals surface area contributed by atoms with Crippen LogP contribution in [-0.2, 0) is 14.8 Å². The number of nitrogens with one attached hydrogen (secondary N) is 1. The fourth-order valence-electron chi connectivity index (χ4n) is 3.14. The average Bonchev–Trinajstić information content (AvgIpc) is 3.43. The number of sulfonamides is 1. The van der Waals surface area contributed by atoms with Gasteiger partial charge < -0.3 is 14.4 Å². The molecule has 0 aromatic carbocycles. The van der Waals surface area contributed by atoms with E-state index in [-0.39, 0.29) is 16.7 Å². The minimum atomic E-state index is -3.73. The van der Waals surface area contributed by atoms with Gasteiger partial charge in [-0.15, -0.1) is 11.3 Å². The summed E-state index contributed by atoms with van der Waals surface area (Å²) in [6.07, 6.45) is 1.20. The van der Waals surface area contributed by atoms with Crippen LogP contribution in [0.5, 0.6) is 0 Å². The predicted octanol–water partition coefficient (Wildman–Crippen LogP) is 2.44. The van der Waals surface area contributed by atoms with Crippen molar-refractivity contribution in [3.8, 4) is 11.4 Å². The van der Waals surface area contributed by atoms with E-state index in [1.54, 1.807) is 25.3 Å². The number of anilines is 1. The number of rotatable bonds is 5. The van der Waals surface area contributed by atoms with E-state index in [2.05, 4.69) is 20.6 Å². The molecule has 0 radical (unpaired) electrons. The van der Waals surface area contributed by atoms with Crippen molar-refractivity contribution in [2.45, 2.75) is 30.9 Å². The van der Waals surface area contributed by atoms with Crippen LogP contribution in [0.15, 0.2) is 30.8 Å². The van der Waals surface area contributed by atoms with E-state index >= 15 is 0 Å². The highest BCUT2D eigenvalue weighted by Gasteiger charge is 2.34. The van der Waals surface area contributed by atoms with Crippen molar-refractivity contribution in [3.05, 3.63) is 29.2 Å². The third-order valence-electron chi connectivity index (χ3n) is 4.59. The summed E-state index contributed by atoms with van der Waals surface area (Å²) in [5.74, 6) is 0.924. The number of aryl methyl sites for hydroxylation is 2. The molecular formula is C17H19N5O5S2. The van der Waals surface area contributed by atoms with Gasteiger partial charge >= 0.3 is 0 Å². The van der Waals surface area contributed by atoms with Gasteiger partial charge in [0.2, 0.25) is 17.6 Å². The maximum Gasteiger partial charge on any atom is 0.252 e. The van der Waals surface area contributed by atoms with E-state index < -0.39 is 15.9 Å². The van der Waals surface area contributed by atoms with Crippen molar-refractivity contribution < 1.29 is 22.3 Å². The Labute approximate surface area is 170 Å². The van der Waals surface area contributed by atoms with Crippen molar-refractivity contribution in [2.24, 2.45) is 5.92 Å². The fraction of sp³-hybridized carbons (Fsp3) is 0.412. The summed E-state index contributed by atoms with van der Waals surface area (Å²) < 4.78 is 37.6. The van der Waals surface area contributed by atoms with Gasteiger partial charge in [0, 0.05) is 37.0 Å². The second-order valence-corrected chi connectivity index (χ2v) is 9.88. The molecule has 3 aromatic rings. The number of hydrogen-bond donors (Lipinski definition) is 1. The van der Waals surface area contributed by atoms with Gasteiger partial charge in [0.05, 0.1) is 5.92 Å². The second kappa shape index (κ2) is 7.69. The molecule has 154 valence electrons. The Hall–Kier alpha value is -2.57. The molecule has 1 aliphatic heterocycles. The lowest BCUT2D eigenvalue weighted by atomic mass is 9.99. The summed E-state index contributed by atoms with van der Waals surface area (Å²) in [6.45, 7) is 3.87. The highest BCUT2D eigenvalue weighted by atomic mass is 32.2.